The lowest BCUT2D eigenvalue weighted by Gasteiger charge is -2.30. The van der Waals surface area contributed by atoms with E-state index in [1.165, 1.54) is 21.1 Å². The van der Waals surface area contributed by atoms with Gasteiger partial charge in [0.1, 0.15) is 29.8 Å². The fraction of sp³-hybridized carbons (Fsp3) is 0.411. The van der Waals surface area contributed by atoms with Gasteiger partial charge in [-0.2, -0.15) is 5.10 Å². The smallest absolute Gasteiger partial charge is 0.248 e. The average molecular weight is 1050 g/mol. The molecule has 17 nitrogen and oxygen atoms in total. The largest absolute Gasteiger partial charge is 0.391 e. The Bertz CT molecular complexity index is 3100. The minimum atomic E-state index is -0.854. The number of aliphatic hydroxyl groups is 2. The summed E-state index contributed by atoms with van der Waals surface area (Å²) in [7, 11) is 0. The first-order valence-corrected chi connectivity index (χ1v) is 27.3. The maximum Gasteiger partial charge on any atom is 0.248 e. The second-order valence-corrected chi connectivity index (χ2v) is 22.2. The van der Waals surface area contributed by atoms with Gasteiger partial charge in [-0.15, -0.1) is 22.7 Å². The van der Waals surface area contributed by atoms with Gasteiger partial charge in [0.15, 0.2) is 0 Å². The van der Waals surface area contributed by atoms with Gasteiger partial charge in [0.05, 0.1) is 74.0 Å². The topological polar surface area (TPSA) is 222 Å². The average Bonchev–Trinajstić information content (AvgIpc) is 4.28. The minimum Gasteiger partial charge on any atom is -0.391 e. The summed E-state index contributed by atoms with van der Waals surface area (Å²) in [5.74, 6) is -1.92. The number of rotatable bonds is 18. The van der Waals surface area contributed by atoms with Crippen LogP contribution in [-0.2, 0) is 32.0 Å². The maximum absolute atomic E-state index is 14.4. The zero-order valence-electron chi connectivity index (χ0n) is 43.2. The van der Waals surface area contributed by atoms with Crippen LogP contribution in [0, 0.1) is 18.8 Å². The zero-order chi connectivity index (χ0) is 53.1. The SMILES string of the molecule is Cc1ncsc1-c1ccc([C@H](C)NC(=O)[C@@H]2C[C@@H](O)CN2C(=O)[C@@H](c2cc(CCc3ncsc3-c3ccc([C@H](C)NC(=O)[C@@H]4C[C@@H](O)CN4C(=O)[C@H](C(C)C)n4cc(-c5ccccn5)cn4)cc3)no2)C(C)C)cc1. The van der Waals surface area contributed by atoms with Gasteiger partial charge in [-0.1, -0.05) is 87.4 Å². The molecule has 0 aliphatic carbocycles. The highest BCUT2D eigenvalue weighted by atomic mass is 32.1. The number of aromatic nitrogens is 6. The summed E-state index contributed by atoms with van der Waals surface area (Å²) >= 11 is 3.10. The van der Waals surface area contributed by atoms with Crippen molar-refractivity contribution >= 4 is 46.3 Å². The van der Waals surface area contributed by atoms with E-state index in [0.29, 0.717) is 24.3 Å². The fourth-order valence-corrected chi connectivity index (χ4v) is 11.9. The van der Waals surface area contributed by atoms with Crippen molar-refractivity contribution in [3.05, 3.63) is 136 Å². The molecule has 7 aromatic rings. The Balaban J connectivity index is 0.800. The van der Waals surface area contributed by atoms with E-state index in [4.69, 9.17) is 9.51 Å². The van der Waals surface area contributed by atoms with Crippen molar-refractivity contribution in [2.45, 2.75) is 122 Å². The minimum absolute atomic E-state index is 0.0361. The second kappa shape index (κ2) is 22.9. The number of pyridine rings is 1. The molecule has 0 radical (unpaired) electrons. The highest BCUT2D eigenvalue weighted by Gasteiger charge is 2.45. The van der Waals surface area contributed by atoms with E-state index in [0.717, 1.165) is 54.7 Å². The third-order valence-electron chi connectivity index (χ3n) is 14.3. The van der Waals surface area contributed by atoms with Crippen LogP contribution in [0.4, 0.5) is 0 Å². The van der Waals surface area contributed by atoms with Crippen molar-refractivity contribution in [2.24, 2.45) is 11.8 Å². The predicted molar refractivity (Wildman–Crippen MR) is 286 cm³/mol. The molecule has 0 unspecified atom stereocenters. The molecule has 19 heteroatoms. The van der Waals surface area contributed by atoms with E-state index in [2.05, 4.69) is 30.9 Å². The molecule has 8 atom stereocenters. The molecule has 4 amide bonds. The van der Waals surface area contributed by atoms with Gasteiger partial charge in [0.25, 0.3) is 0 Å². The van der Waals surface area contributed by atoms with Crippen molar-refractivity contribution in [3.63, 3.8) is 0 Å². The second-order valence-electron chi connectivity index (χ2n) is 20.4. The lowest BCUT2D eigenvalue weighted by molar-refractivity contribution is -0.142. The molecule has 2 aliphatic heterocycles. The van der Waals surface area contributed by atoms with Crippen LogP contribution in [-0.4, -0.2) is 111 Å². The zero-order valence-corrected chi connectivity index (χ0v) is 44.8. The van der Waals surface area contributed by atoms with Crippen LogP contribution in [0.1, 0.15) is 112 Å². The van der Waals surface area contributed by atoms with Gasteiger partial charge in [-0.25, -0.2) is 9.97 Å². The summed E-state index contributed by atoms with van der Waals surface area (Å²) in [6.07, 6.45) is 4.80. The number of hydrogen-bond acceptors (Lipinski definition) is 14. The normalized spacial score (nSPS) is 19.3. The van der Waals surface area contributed by atoms with Gasteiger partial charge in [-0.3, -0.25) is 28.8 Å². The number of thiazole rings is 2. The number of nitrogens with one attached hydrogen (secondary N) is 2. The number of β-amino-alcohol motifs (C(OH)–C–C–N with tert-alkyl or cyclic N) is 2. The molecule has 2 aromatic carbocycles. The van der Waals surface area contributed by atoms with Crippen LogP contribution in [0.3, 0.4) is 0 Å². The number of amides is 4. The summed E-state index contributed by atoms with van der Waals surface area (Å²) in [6.45, 7) is 13.6. The number of likely N-dealkylation sites (tertiary alicyclic amines) is 2. The number of hydrogen-bond donors (Lipinski definition) is 4. The lowest BCUT2D eigenvalue weighted by atomic mass is 9.91. The molecular formula is C56H64N10O7S2. The Kier molecular flexibility index (Phi) is 16.2. The van der Waals surface area contributed by atoms with Crippen molar-refractivity contribution in [1.29, 1.82) is 0 Å². The molecule has 5 aromatic heterocycles. The number of nitrogens with zero attached hydrogens (tertiary/aromatic N) is 8. The molecule has 2 fully saturated rings. The van der Waals surface area contributed by atoms with Gasteiger partial charge in [-0.05, 0) is 79.8 Å². The standard InChI is InChI=1S/C56H64N10O7S2/c1-31(2)49(55(71)64-27-42(67)23-46(64)53(69)61-33(5)36-11-15-38(16-12-36)51-35(7)58-29-74-51)48-22-41(63-73-48)19-20-45-52(75-30-59-45)39-17-13-37(14-18-39)34(6)62-54(70)47-24-43(68)28-65(47)56(72)50(32(3)4)66-26-40(25-60-66)44-10-8-9-21-57-44/h8-18,21-22,25-26,29-34,42-43,46-47,49-50,67-68H,19-20,23-24,27-28H2,1-7H3,(H,61,69)(H,62,70)/t33-,34-,42+,43+,46-,47-,49+,50-/m0/s1. The molecule has 0 saturated carbocycles. The molecule has 392 valence electrons. The maximum atomic E-state index is 14.4. The van der Waals surface area contributed by atoms with Crippen molar-refractivity contribution in [1.82, 2.24) is 50.3 Å². The van der Waals surface area contributed by atoms with E-state index >= 15 is 0 Å². The summed E-state index contributed by atoms with van der Waals surface area (Å²) in [5, 5.41) is 36.6. The van der Waals surface area contributed by atoms with Crippen LogP contribution in [0.25, 0.3) is 32.1 Å². The molecular weight excluding hydrogens is 989 g/mol. The van der Waals surface area contributed by atoms with Gasteiger partial charge >= 0.3 is 0 Å². The van der Waals surface area contributed by atoms with Crippen LogP contribution < -0.4 is 10.6 Å². The molecule has 4 N–H and O–H groups in total. The fourth-order valence-electron chi connectivity index (χ4n) is 10.3. The monoisotopic (exact) mass is 1050 g/mol. The summed E-state index contributed by atoms with van der Waals surface area (Å²) in [5.41, 5.74) is 11.5. The van der Waals surface area contributed by atoms with E-state index in [1.54, 1.807) is 40.1 Å². The van der Waals surface area contributed by atoms with Crippen LogP contribution in [0.15, 0.2) is 107 Å². The van der Waals surface area contributed by atoms with E-state index < -0.39 is 42.3 Å². The number of carbonyl (C=O) groups excluding carboxylic acids is 4. The molecule has 2 aliphatic rings. The molecule has 0 bridgehead atoms. The quantitative estimate of drug-likeness (QED) is 0.0645. The number of carbonyl (C=O) groups is 4. The first kappa shape index (κ1) is 52.9. The highest BCUT2D eigenvalue weighted by Crippen LogP contribution is 2.35. The van der Waals surface area contributed by atoms with Crippen molar-refractivity contribution in [3.8, 4) is 32.1 Å². The number of aryl methyl sites for hydroxylation is 3. The van der Waals surface area contributed by atoms with Gasteiger partial charge in [0, 0.05) is 50.0 Å². The van der Waals surface area contributed by atoms with Crippen LogP contribution >= 0.6 is 22.7 Å². The molecule has 75 heavy (non-hydrogen) atoms. The lowest BCUT2D eigenvalue weighted by Crippen LogP contribution is -2.49. The van der Waals surface area contributed by atoms with Crippen LogP contribution in [0.2, 0.25) is 0 Å². The Hall–Kier alpha value is -6.93. The third-order valence-corrected chi connectivity index (χ3v) is 16.2. The number of benzene rings is 2. The molecule has 0 spiro atoms. The highest BCUT2D eigenvalue weighted by molar-refractivity contribution is 7.13. The Morgan fingerprint density at radius 1 is 0.707 bits per heavy atom. The molecule has 9 rings (SSSR count). The van der Waals surface area contributed by atoms with E-state index in [1.807, 2.05) is 127 Å². The van der Waals surface area contributed by atoms with Gasteiger partial charge < -0.3 is 35.2 Å². The van der Waals surface area contributed by atoms with Gasteiger partial charge in [0.2, 0.25) is 23.6 Å². The summed E-state index contributed by atoms with van der Waals surface area (Å²) in [6, 6.07) is 20.2. The number of aliphatic hydroxyl groups excluding tert-OH is 2. The summed E-state index contributed by atoms with van der Waals surface area (Å²) < 4.78 is 7.49. The predicted octanol–water partition coefficient (Wildman–Crippen LogP) is 7.89. The van der Waals surface area contributed by atoms with E-state index in [-0.39, 0.29) is 67.4 Å². The summed E-state index contributed by atoms with van der Waals surface area (Å²) in [4.78, 5) is 74.8. The van der Waals surface area contributed by atoms with Crippen molar-refractivity contribution < 1.29 is 33.9 Å². The first-order chi connectivity index (χ1) is 36.0. The Morgan fingerprint density at radius 2 is 1.29 bits per heavy atom. The molecule has 2 saturated heterocycles. The Labute approximate surface area is 444 Å². The van der Waals surface area contributed by atoms with Crippen LogP contribution in [0.5, 0.6) is 0 Å². The first-order valence-electron chi connectivity index (χ1n) is 25.6. The van der Waals surface area contributed by atoms with Crippen molar-refractivity contribution in [2.75, 3.05) is 13.1 Å². The third kappa shape index (κ3) is 11.7. The molecule has 7 heterocycles. The van der Waals surface area contributed by atoms with E-state index in [9.17, 15) is 29.4 Å². The Morgan fingerprint density at radius 3 is 1.85 bits per heavy atom.